The first-order chi connectivity index (χ1) is 7.15. The first-order valence-corrected chi connectivity index (χ1v) is 4.55. The number of benzene rings is 1. The Bertz CT molecular complexity index is 381. The van der Waals surface area contributed by atoms with Gasteiger partial charge in [0.05, 0.1) is 0 Å². The van der Waals surface area contributed by atoms with Crippen LogP contribution in [0.2, 0.25) is 5.02 Å². The lowest BCUT2D eigenvalue weighted by Gasteiger charge is -2.05. The van der Waals surface area contributed by atoms with Gasteiger partial charge in [-0.3, -0.25) is 15.0 Å². The maximum atomic E-state index is 11.0. The normalized spacial score (nSPS) is 9.47. The monoisotopic (exact) mass is 227 g/mol. The third-order valence-corrected chi connectivity index (χ3v) is 2.10. The van der Waals surface area contributed by atoms with E-state index in [2.05, 4.69) is 5.32 Å². The van der Waals surface area contributed by atoms with E-state index >= 15 is 0 Å². The molecule has 0 heterocycles. The van der Waals surface area contributed by atoms with Gasteiger partial charge in [0.2, 0.25) is 0 Å². The number of halogens is 1. The molecule has 0 radical (unpaired) electrons. The Morgan fingerprint density at radius 2 is 1.93 bits per heavy atom. The highest BCUT2D eigenvalue weighted by molar-refractivity contribution is 6.35. The molecular weight excluding hydrogens is 218 g/mol. The van der Waals surface area contributed by atoms with Crippen LogP contribution in [0.15, 0.2) is 24.3 Å². The second-order valence-corrected chi connectivity index (χ2v) is 3.15. The molecule has 80 valence electrons. The van der Waals surface area contributed by atoms with Crippen molar-refractivity contribution in [1.82, 2.24) is 10.7 Å². The maximum absolute atomic E-state index is 11.0. The van der Waals surface area contributed by atoms with Gasteiger partial charge in [0.1, 0.15) is 0 Å². The quantitative estimate of drug-likeness (QED) is 0.287. The predicted octanol–water partition coefficient (Wildman–Crippen LogP) is -0.0539. The summed E-state index contributed by atoms with van der Waals surface area (Å²) in [6.07, 6.45) is 0. The molecule has 0 aliphatic heterocycles. The first kappa shape index (κ1) is 11.5. The van der Waals surface area contributed by atoms with E-state index < -0.39 is 11.8 Å². The van der Waals surface area contributed by atoms with Gasteiger partial charge in [-0.1, -0.05) is 29.8 Å². The van der Waals surface area contributed by atoms with Crippen molar-refractivity contribution in [3.8, 4) is 0 Å². The Morgan fingerprint density at radius 3 is 2.53 bits per heavy atom. The third-order valence-electron chi connectivity index (χ3n) is 1.73. The fraction of sp³-hybridized carbons (Fsp3) is 0.111. The van der Waals surface area contributed by atoms with E-state index in [9.17, 15) is 9.59 Å². The molecule has 0 aliphatic carbocycles. The molecule has 15 heavy (non-hydrogen) atoms. The molecule has 0 atom stereocenters. The van der Waals surface area contributed by atoms with E-state index in [1.165, 1.54) is 0 Å². The second kappa shape index (κ2) is 5.33. The summed E-state index contributed by atoms with van der Waals surface area (Å²) in [5, 5.41) is 2.91. The van der Waals surface area contributed by atoms with Crippen LogP contribution in [0.25, 0.3) is 0 Å². The number of nitrogens with one attached hydrogen (secondary N) is 2. The van der Waals surface area contributed by atoms with Crippen molar-refractivity contribution in [1.29, 1.82) is 0 Å². The number of hydrogen-bond donors (Lipinski definition) is 3. The lowest BCUT2D eigenvalue weighted by Crippen LogP contribution is -2.42. The van der Waals surface area contributed by atoms with Crippen LogP contribution >= 0.6 is 11.6 Å². The standard InChI is InChI=1S/C9H10ClN3O2/c10-7-4-2-1-3-6(7)5-12-8(14)9(15)13-11/h1-4H,5,11H2,(H,12,14)(H,13,15). The zero-order valence-corrected chi connectivity index (χ0v) is 8.54. The smallest absolute Gasteiger partial charge is 0.323 e. The molecule has 1 aromatic carbocycles. The lowest BCUT2D eigenvalue weighted by atomic mass is 10.2. The SMILES string of the molecule is NNC(=O)C(=O)NCc1ccccc1Cl. The number of hydrogen-bond acceptors (Lipinski definition) is 3. The minimum Gasteiger partial charge on any atom is -0.344 e. The van der Waals surface area contributed by atoms with Crippen LogP contribution in [0, 0.1) is 0 Å². The van der Waals surface area contributed by atoms with Gasteiger partial charge in [-0.2, -0.15) is 0 Å². The average molecular weight is 228 g/mol. The van der Waals surface area contributed by atoms with E-state index in [0.717, 1.165) is 5.56 Å². The minimum absolute atomic E-state index is 0.186. The molecule has 0 aromatic heterocycles. The predicted molar refractivity (Wildman–Crippen MR) is 55.6 cm³/mol. The molecule has 2 amide bonds. The molecule has 0 spiro atoms. The van der Waals surface area contributed by atoms with Gasteiger partial charge in [0.15, 0.2) is 0 Å². The van der Waals surface area contributed by atoms with E-state index in [1.807, 2.05) is 0 Å². The van der Waals surface area contributed by atoms with Crippen molar-refractivity contribution >= 4 is 23.4 Å². The molecule has 4 N–H and O–H groups in total. The molecule has 0 fully saturated rings. The number of carbonyl (C=O) groups excluding carboxylic acids is 2. The number of hydrazine groups is 1. The van der Waals surface area contributed by atoms with Crippen LogP contribution in [0.3, 0.4) is 0 Å². The zero-order valence-electron chi connectivity index (χ0n) is 7.79. The highest BCUT2D eigenvalue weighted by atomic mass is 35.5. The van der Waals surface area contributed by atoms with Crippen LogP contribution < -0.4 is 16.6 Å². The Hall–Kier alpha value is -1.59. The maximum Gasteiger partial charge on any atom is 0.323 e. The van der Waals surface area contributed by atoms with E-state index in [0.29, 0.717) is 5.02 Å². The van der Waals surface area contributed by atoms with Crippen molar-refractivity contribution in [3.05, 3.63) is 34.9 Å². The van der Waals surface area contributed by atoms with Gasteiger partial charge in [-0.05, 0) is 11.6 Å². The van der Waals surface area contributed by atoms with E-state index in [1.54, 1.807) is 29.7 Å². The number of carbonyl (C=O) groups is 2. The second-order valence-electron chi connectivity index (χ2n) is 2.75. The van der Waals surface area contributed by atoms with Crippen molar-refractivity contribution in [2.75, 3.05) is 0 Å². The van der Waals surface area contributed by atoms with Gasteiger partial charge in [-0.15, -0.1) is 0 Å². The summed E-state index contributed by atoms with van der Waals surface area (Å²) in [5.41, 5.74) is 2.47. The largest absolute Gasteiger partial charge is 0.344 e. The topological polar surface area (TPSA) is 84.2 Å². The van der Waals surface area contributed by atoms with Crippen molar-refractivity contribution in [3.63, 3.8) is 0 Å². The van der Waals surface area contributed by atoms with Gasteiger partial charge in [0.25, 0.3) is 0 Å². The molecule has 0 saturated heterocycles. The highest BCUT2D eigenvalue weighted by Crippen LogP contribution is 2.13. The molecule has 6 heteroatoms. The number of rotatable bonds is 2. The summed E-state index contributed by atoms with van der Waals surface area (Å²) in [6.45, 7) is 0.186. The zero-order chi connectivity index (χ0) is 11.3. The van der Waals surface area contributed by atoms with E-state index in [4.69, 9.17) is 17.4 Å². The molecule has 0 unspecified atom stereocenters. The molecule has 0 saturated carbocycles. The Morgan fingerprint density at radius 1 is 1.27 bits per heavy atom. The lowest BCUT2D eigenvalue weighted by molar-refractivity contribution is -0.139. The van der Waals surface area contributed by atoms with Crippen LogP contribution in [-0.4, -0.2) is 11.8 Å². The van der Waals surface area contributed by atoms with Gasteiger partial charge >= 0.3 is 11.8 Å². The Balaban J connectivity index is 2.54. The average Bonchev–Trinajstić information content (AvgIpc) is 2.26. The van der Waals surface area contributed by atoms with Crippen LogP contribution in [0.4, 0.5) is 0 Å². The summed E-state index contributed by atoms with van der Waals surface area (Å²) in [5.74, 6) is 3.10. The summed E-state index contributed by atoms with van der Waals surface area (Å²) in [7, 11) is 0. The van der Waals surface area contributed by atoms with Crippen molar-refractivity contribution in [2.45, 2.75) is 6.54 Å². The Kier molecular flexibility index (Phi) is 4.08. The third kappa shape index (κ3) is 3.23. The van der Waals surface area contributed by atoms with Crippen LogP contribution in [-0.2, 0) is 16.1 Å². The molecular formula is C9H10ClN3O2. The summed E-state index contributed by atoms with van der Waals surface area (Å²) in [6, 6.07) is 7.02. The van der Waals surface area contributed by atoms with Crippen molar-refractivity contribution in [2.24, 2.45) is 5.84 Å². The fourth-order valence-corrected chi connectivity index (χ4v) is 1.17. The van der Waals surface area contributed by atoms with Crippen molar-refractivity contribution < 1.29 is 9.59 Å². The highest BCUT2D eigenvalue weighted by Gasteiger charge is 2.11. The van der Waals surface area contributed by atoms with Gasteiger partial charge in [0, 0.05) is 11.6 Å². The molecule has 0 aliphatic rings. The molecule has 0 bridgehead atoms. The first-order valence-electron chi connectivity index (χ1n) is 4.17. The summed E-state index contributed by atoms with van der Waals surface area (Å²) >= 11 is 5.84. The summed E-state index contributed by atoms with van der Waals surface area (Å²) in [4.78, 5) is 21.7. The Labute approximate surface area is 91.6 Å². The van der Waals surface area contributed by atoms with Crippen LogP contribution in [0.5, 0.6) is 0 Å². The summed E-state index contributed by atoms with van der Waals surface area (Å²) < 4.78 is 0. The molecule has 1 rings (SSSR count). The van der Waals surface area contributed by atoms with Crippen LogP contribution in [0.1, 0.15) is 5.56 Å². The molecule has 1 aromatic rings. The number of amides is 2. The molecule has 5 nitrogen and oxygen atoms in total. The van der Waals surface area contributed by atoms with E-state index in [-0.39, 0.29) is 6.54 Å². The minimum atomic E-state index is -0.887. The van der Waals surface area contributed by atoms with Gasteiger partial charge in [-0.25, -0.2) is 5.84 Å². The van der Waals surface area contributed by atoms with Gasteiger partial charge < -0.3 is 5.32 Å². The fourth-order valence-electron chi connectivity index (χ4n) is 0.963. The number of nitrogens with two attached hydrogens (primary N) is 1.